The summed E-state index contributed by atoms with van der Waals surface area (Å²) in [6, 6.07) is 8.58. The average molecular weight is 366 g/mol. The standard InChI is InChI=1S/C18H23O6P/c1-4-23-18-10-15(19)6-5-14(18)9-17-12(2)7-16(8-13(17)3)24-11-25(20,21)22/h5-8,10,19H,4,9,11H2,1-3H3,(H2,20,21,22). The first-order valence-corrected chi connectivity index (χ1v) is 9.71. The number of aryl methyl sites for hydroxylation is 2. The minimum atomic E-state index is -4.21. The zero-order chi connectivity index (χ0) is 18.6. The third-order valence-corrected chi connectivity index (χ3v) is 4.25. The molecule has 3 N–H and O–H groups in total. The SMILES string of the molecule is CCOc1cc(O)ccc1Cc1c(C)cc(OCP(=O)(O)O)cc1C. The van der Waals surface area contributed by atoms with Crippen LogP contribution >= 0.6 is 7.60 Å². The summed E-state index contributed by atoms with van der Waals surface area (Å²) in [4.78, 5) is 17.8. The predicted octanol–water partition coefficient (Wildman–Crippen LogP) is 3.51. The van der Waals surface area contributed by atoms with Crippen LogP contribution in [0.3, 0.4) is 0 Å². The van der Waals surface area contributed by atoms with E-state index in [2.05, 4.69) is 0 Å². The normalized spacial score (nSPS) is 11.4. The monoisotopic (exact) mass is 366 g/mol. The van der Waals surface area contributed by atoms with Gasteiger partial charge >= 0.3 is 7.60 Å². The Morgan fingerprint density at radius 1 is 1.04 bits per heavy atom. The molecule has 0 fully saturated rings. The largest absolute Gasteiger partial charge is 0.508 e. The van der Waals surface area contributed by atoms with Crippen molar-refractivity contribution >= 4 is 7.60 Å². The fourth-order valence-corrected chi connectivity index (χ4v) is 2.96. The van der Waals surface area contributed by atoms with Crippen molar-refractivity contribution in [3.8, 4) is 17.2 Å². The van der Waals surface area contributed by atoms with Gasteiger partial charge in [-0.1, -0.05) is 6.07 Å². The highest BCUT2D eigenvalue weighted by molar-refractivity contribution is 7.51. The number of hydrogen-bond acceptors (Lipinski definition) is 4. The highest BCUT2D eigenvalue weighted by Crippen LogP contribution is 2.35. The van der Waals surface area contributed by atoms with Crippen LogP contribution in [-0.2, 0) is 11.0 Å². The molecule has 25 heavy (non-hydrogen) atoms. The van der Waals surface area contributed by atoms with Crippen molar-refractivity contribution in [3.63, 3.8) is 0 Å². The van der Waals surface area contributed by atoms with Crippen molar-refractivity contribution in [2.24, 2.45) is 0 Å². The van der Waals surface area contributed by atoms with Gasteiger partial charge in [0.15, 0.2) is 6.35 Å². The third-order valence-electron chi connectivity index (χ3n) is 3.79. The highest BCUT2D eigenvalue weighted by atomic mass is 31.2. The Morgan fingerprint density at radius 3 is 2.24 bits per heavy atom. The Hall–Kier alpha value is -2.01. The van der Waals surface area contributed by atoms with Crippen LogP contribution in [0.2, 0.25) is 0 Å². The van der Waals surface area contributed by atoms with Crippen molar-refractivity contribution in [1.29, 1.82) is 0 Å². The van der Waals surface area contributed by atoms with Gasteiger partial charge in [-0.15, -0.1) is 0 Å². The van der Waals surface area contributed by atoms with Gasteiger partial charge in [-0.05, 0) is 61.2 Å². The second-order valence-corrected chi connectivity index (χ2v) is 7.46. The van der Waals surface area contributed by atoms with E-state index in [1.165, 1.54) is 0 Å². The Morgan fingerprint density at radius 2 is 1.68 bits per heavy atom. The van der Waals surface area contributed by atoms with Gasteiger partial charge < -0.3 is 24.4 Å². The van der Waals surface area contributed by atoms with Crippen molar-refractivity contribution in [1.82, 2.24) is 0 Å². The zero-order valence-corrected chi connectivity index (χ0v) is 15.4. The summed E-state index contributed by atoms with van der Waals surface area (Å²) in [5.74, 6) is 1.22. The predicted molar refractivity (Wildman–Crippen MR) is 95.5 cm³/mol. The Kier molecular flexibility index (Phi) is 6.11. The summed E-state index contributed by atoms with van der Waals surface area (Å²) >= 11 is 0. The molecule has 0 spiro atoms. The van der Waals surface area contributed by atoms with Crippen LogP contribution < -0.4 is 9.47 Å². The van der Waals surface area contributed by atoms with Crippen LogP contribution in [0.5, 0.6) is 17.2 Å². The molecule has 0 saturated carbocycles. The quantitative estimate of drug-likeness (QED) is 0.649. The summed E-state index contributed by atoms with van der Waals surface area (Å²) in [6.07, 6.45) is -0.0241. The van der Waals surface area contributed by atoms with E-state index in [-0.39, 0.29) is 5.75 Å². The Bertz CT molecular complexity index is 773. The van der Waals surface area contributed by atoms with Gasteiger partial charge in [-0.2, -0.15) is 0 Å². The number of aromatic hydroxyl groups is 1. The molecule has 0 heterocycles. The molecular formula is C18H23O6P. The first-order chi connectivity index (χ1) is 11.7. The van der Waals surface area contributed by atoms with E-state index >= 15 is 0 Å². The minimum absolute atomic E-state index is 0.154. The molecule has 0 aliphatic rings. The second-order valence-electron chi connectivity index (χ2n) is 5.88. The molecule has 0 aliphatic heterocycles. The number of hydrogen-bond donors (Lipinski definition) is 3. The summed E-state index contributed by atoms with van der Waals surface area (Å²) < 4.78 is 21.7. The maximum absolute atomic E-state index is 10.9. The average Bonchev–Trinajstić information content (AvgIpc) is 2.50. The van der Waals surface area contributed by atoms with Crippen LogP contribution in [0.15, 0.2) is 30.3 Å². The Balaban J connectivity index is 2.27. The lowest BCUT2D eigenvalue weighted by molar-refractivity contribution is 0.300. The van der Waals surface area contributed by atoms with E-state index in [0.29, 0.717) is 24.5 Å². The molecule has 0 atom stereocenters. The van der Waals surface area contributed by atoms with E-state index in [9.17, 15) is 9.67 Å². The van der Waals surface area contributed by atoms with Gasteiger partial charge in [0.25, 0.3) is 0 Å². The molecule has 0 aliphatic carbocycles. The number of rotatable bonds is 7. The lowest BCUT2D eigenvalue weighted by Crippen LogP contribution is -2.03. The van der Waals surface area contributed by atoms with E-state index in [1.54, 1.807) is 24.3 Å². The molecule has 0 radical (unpaired) electrons. The summed E-state index contributed by atoms with van der Waals surface area (Å²) in [5, 5.41) is 9.64. The lowest BCUT2D eigenvalue weighted by Gasteiger charge is -2.16. The lowest BCUT2D eigenvalue weighted by atomic mass is 9.95. The molecule has 0 aromatic heterocycles. The Labute approximate surface area is 147 Å². The van der Waals surface area contributed by atoms with Gasteiger partial charge in [0.05, 0.1) is 6.61 Å². The third kappa shape index (κ3) is 5.49. The van der Waals surface area contributed by atoms with Crippen molar-refractivity contribution < 1.29 is 28.9 Å². The summed E-state index contributed by atoms with van der Waals surface area (Å²) in [5.41, 5.74) is 3.94. The fourth-order valence-electron chi connectivity index (χ4n) is 2.64. The first-order valence-electron chi connectivity index (χ1n) is 7.91. The topological polar surface area (TPSA) is 96.2 Å². The van der Waals surface area contributed by atoms with E-state index < -0.39 is 13.9 Å². The first kappa shape index (κ1) is 19.3. The van der Waals surface area contributed by atoms with Gasteiger partial charge in [0.1, 0.15) is 17.2 Å². The minimum Gasteiger partial charge on any atom is -0.508 e. The van der Waals surface area contributed by atoms with Crippen LogP contribution in [0.1, 0.15) is 29.2 Å². The van der Waals surface area contributed by atoms with Crippen LogP contribution in [0, 0.1) is 13.8 Å². The molecule has 7 heteroatoms. The summed E-state index contributed by atoms with van der Waals surface area (Å²) in [6.45, 7) is 6.24. The maximum Gasteiger partial charge on any atom is 0.362 e. The molecule has 0 bridgehead atoms. The van der Waals surface area contributed by atoms with Gasteiger partial charge in [0.2, 0.25) is 0 Å². The smallest absolute Gasteiger partial charge is 0.362 e. The molecule has 2 aromatic rings. The number of benzene rings is 2. The van der Waals surface area contributed by atoms with Crippen LogP contribution in [0.4, 0.5) is 0 Å². The van der Waals surface area contributed by atoms with E-state index in [1.807, 2.05) is 26.8 Å². The van der Waals surface area contributed by atoms with Crippen LogP contribution in [-0.4, -0.2) is 27.8 Å². The highest BCUT2D eigenvalue weighted by Gasteiger charge is 2.15. The second kappa shape index (κ2) is 7.91. The molecular weight excluding hydrogens is 343 g/mol. The fraction of sp³-hybridized carbons (Fsp3) is 0.333. The molecule has 136 valence electrons. The van der Waals surface area contributed by atoms with Gasteiger partial charge in [-0.3, -0.25) is 4.57 Å². The molecule has 0 unspecified atom stereocenters. The molecule has 0 amide bonds. The van der Waals surface area contributed by atoms with E-state index in [0.717, 1.165) is 22.3 Å². The van der Waals surface area contributed by atoms with Crippen molar-refractivity contribution in [2.45, 2.75) is 27.2 Å². The number of ether oxygens (including phenoxy) is 2. The zero-order valence-electron chi connectivity index (χ0n) is 14.5. The number of phenolic OH excluding ortho intramolecular Hbond substituents is 1. The van der Waals surface area contributed by atoms with Crippen molar-refractivity contribution in [2.75, 3.05) is 13.0 Å². The molecule has 6 nitrogen and oxygen atoms in total. The van der Waals surface area contributed by atoms with Gasteiger partial charge in [0, 0.05) is 12.5 Å². The van der Waals surface area contributed by atoms with E-state index in [4.69, 9.17) is 19.3 Å². The van der Waals surface area contributed by atoms with Crippen molar-refractivity contribution in [3.05, 3.63) is 52.6 Å². The van der Waals surface area contributed by atoms with Crippen LogP contribution in [0.25, 0.3) is 0 Å². The molecule has 0 saturated heterocycles. The molecule has 2 aromatic carbocycles. The summed E-state index contributed by atoms with van der Waals surface area (Å²) in [7, 11) is -4.21. The molecule has 2 rings (SSSR count). The number of phenols is 1. The van der Waals surface area contributed by atoms with Gasteiger partial charge in [-0.25, -0.2) is 0 Å². The maximum atomic E-state index is 10.9.